The Bertz CT molecular complexity index is 1030. The summed E-state index contributed by atoms with van der Waals surface area (Å²) in [4.78, 5) is 26.8. The van der Waals surface area contributed by atoms with Crippen LogP contribution < -0.4 is 4.90 Å². The maximum Gasteiger partial charge on any atom is 0.344 e. The molecule has 1 heterocycles. The molecule has 0 aliphatic heterocycles. The van der Waals surface area contributed by atoms with Gasteiger partial charge in [0.2, 0.25) is 0 Å². The quantitative estimate of drug-likeness (QED) is 0.417. The summed E-state index contributed by atoms with van der Waals surface area (Å²) in [6.07, 6.45) is 1.60. The molecule has 0 radical (unpaired) electrons. The van der Waals surface area contributed by atoms with Crippen LogP contribution in [0.15, 0.2) is 71.8 Å². The number of ether oxygens (including phenoxy) is 1. The highest BCUT2D eigenvalue weighted by molar-refractivity contribution is 6.33. The Balaban J connectivity index is 1.78. The molecule has 0 saturated carbocycles. The Morgan fingerprint density at radius 2 is 1.86 bits per heavy atom. The summed E-state index contributed by atoms with van der Waals surface area (Å²) in [5.41, 5.74) is 1.64. The van der Waals surface area contributed by atoms with E-state index < -0.39 is 12.6 Å². The summed E-state index contributed by atoms with van der Waals surface area (Å²) in [5, 5.41) is 4.36. The van der Waals surface area contributed by atoms with Gasteiger partial charge in [-0.3, -0.25) is 4.79 Å². The first-order chi connectivity index (χ1) is 14.0. The number of nitrogens with zero attached hydrogens (tertiary/aromatic N) is 2. The minimum atomic E-state index is -0.710. The van der Waals surface area contributed by atoms with E-state index in [0.717, 1.165) is 0 Å². The van der Waals surface area contributed by atoms with Crippen LogP contribution in [0, 0.1) is 6.92 Å². The van der Waals surface area contributed by atoms with Gasteiger partial charge in [0.25, 0.3) is 5.91 Å². The number of para-hydroxylation sites is 1. The summed E-state index contributed by atoms with van der Waals surface area (Å²) in [6, 6.07) is 16.0. The first-order valence-corrected chi connectivity index (χ1v) is 9.25. The highest BCUT2D eigenvalue weighted by Crippen LogP contribution is 2.31. The smallest absolute Gasteiger partial charge is 0.344 e. The highest BCUT2D eigenvalue weighted by Gasteiger charge is 2.25. The number of halogens is 1. The SMILES string of the molecule is C=CCN(C(=O)COC(=O)c1c(-c2ccccc2Cl)noc1C)c1ccccc1. The van der Waals surface area contributed by atoms with E-state index in [2.05, 4.69) is 11.7 Å². The van der Waals surface area contributed by atoms with Crippen LogP contribution in [0.1, 0.15) is 16.1 Å². The molecule has 3 rings (SSSR count). The Hall–Kier alpha value is -3.38. The Kier molecular flexibility index (Phi) is 6.46. The zero-order valence-corrected chi connectivity index (χ0v) is 16.6. The van der Waals surface area contributed by atoms with Crippen LogP contribution in [0.2, 0.25) is 5.02 Å². The molecule has 0 aliphatic carbocycles. The lowest BCUT2D eigenvalue weighted by Crippen LogP contribution is -2.35. The van der Waals surface area contributed by atoms with Gasteiger partial charge in [0, 0.05) is 17.8 Å². The van der Waals surface area contributed by atoms with Crippen molar-refractivity contribution in [2.45, 2.75) is 6.92 Å². The second-order valence-corrected chi connectivity index (χ2v) is 6.55. The van der Waals surface area contributed by atoms with Crippen molar-refractivity contribution in [3.05, 3.63) is 83.6 Å². The predicted octanol–water partition coefficient (Wildman–Crippen LogP) is 4.68. The molecule has 6 nitrogen and oxygen atoms in total. The summed E-state index contributed by atoms with van der Waals surface area (Å²) in [7, 11) is 0. The molecular formula is C22H19ClN2O4. The monoisotopic (exact) mass is 410 g/mol. The van der Waals surface area contributed by atoms with E-state index in [1.807, 2.05) is 18.2 Å². The number of anilines is 1. The number of hydrogen-bond donors (Lipinski definition) is 0. The Morgan fingerprint density at radius 3 is 2.55 bits per heavy atom. The average Bonchev–Trinajstić information content (AvgIpc) is 3.12. The summed E-state index contributed by atoms with van der Waals surface area (Å²) in [5.74, 6) is -0.806. The van der Waals surface area contributed by atoms with Gasteiger partial charge in [-0.05, 0) is 25.1 Å². The number of carbonyl (C=O) groups is 2. The highest BCUT2D eigenvalue weighted by atomic mass is 35.5. The van der Waals surface area contributed by atoms with Crippen LogP contribution in [0.4, 0.5) is 5.69 Å². The van der Waals surface area contributed by atoms with E-state index >= 15 is 0 Å². The van der Waals surface area contributed by atoms with Crippen molar-refractivity contribution < 1.29 is 18.8 Å². The second-order valence-electron chi connectivity index (χ2n) is 6.15. The lowest BCUT2D eigenvalue weighted by Gasteiger charge is -2.21. The van der Waals surface area contributed by atoms with Gasteiger partial charge < -0.3 is 14.2 Å². The fourth-order valence-corrected chi connectivity index (χ4v) is 3.04. The normalized spacial score (nSPS) is 10.4. The van der Waals surface area contributed by atoms with E-state index in [4.69, 9.17) is 20.9 Å². The lowest BCUT2D eigenvalue weighted by atomic mass is 10.1. The van der Waals surface area contributed by atoms with Gasteiger partial charge in [0.05, 0.1) is 5.02 Å². The van der Waals surface area contributed by atoms with Gasteiger partial charge in [-0.2, -0.15) is 0 Å². The van der Waals surface area contributed by atoms with Gasteiger partial charge in [-0.15, -0.1) is 6.58 Å². The molecule has 2 aromatic carbocycles. The predicted molar refractivity (Wildman–Crippen MR) is 111 cm³/mol. The first kappa shape index (κ1) is 20.4. The maximum atomic E-state index is 12.7. The number of aromatic nitrogens is 1. The molecule has 0 fully saturated rings. The van der Waals surface area contributed by atoms with Gasteiger partial charge >= 0.3 is 5.97 Å². The summed E-state index contributed by atoms with van der Waals surface area (Å²) >= 11 is 6.21. The van der Waals surface area contributed by atoms with Crippen LogP contribution >= 0.6 is 11.6 Å². The van der Waals surface area contributed by atoms with Crippen LogP contribution in [0.3, 0.4) is 0 Å². The van der Waals surface area contributed by atoms with E-state index in [-0.39, 0.29) is 29.5 Å². The number of esters is 1. The van der Waals surface area contributed by atoms with Gasteiger partial charge in [0.1, 0.15) is 17.0 Å². The molecule has 3 aromatic rings. The van der Waals surface area contributed by atoms with Gasteiger partial charge in [0.15, 0.2) is 6.61 Å². The maximum absolute atomic E-state index is 12.7. The molecule has 1 amide bonds. The van der Waals surface area contributed by atoms with Gasteiger partial charge in [-0.25, -0.2) is 4.79 Å². The largest absolute Gasteiger partial charge is 0.452 e. The zero-order chi connectivity index (χ0) is 20.8. The number of rotatable bonds is 7. The molecule has 1 aromatic heterocycles. The number of benzene rings is 2. The molecule has 0 spiro atoms. The molecule has 0 unspecified atom stereocenters. The summed E-state index contributed by atoms with van der Waals surface area (Å²) in [6.45, 7) is 5.12. The van der Waals surface area contributed by atoms with Gasteiger partial charge in [-0.1, -0.05) is 59.2 Å². The second kappa shape index (κ2) is 9.21. The molecule has 29 heavy (non-hydrogen) atoms. The van der Waals surface area contributed by atoms with Crippen molar-refractivity contribution in [3.8, 4) is 11.3 Å². The summed E-state index contributed by atoms with van der Waals surface area (Å²) < 4.78 is 10.4. The van der Waals surface area contributed by atoms with Crippen LogP contribution in [0.25, 0.3) is 11.3 Å². The van der Waals surface area contributed by atoms with Crippen LogP contribution in [-0.2, 0) is 9.53 Å². The van der Waals surface area contributed by atoms with Crippen molar-refractivity contribution in [1.29, 1.82) is 0 Å². The fourth-order valence-electron chi connectivity index (χ4n) is 2.82. The lowest BCUT2D eigenvalue weighted by molar-refractivity contribution is -0.121. The third kappa shape index (κ3) is 4.55. The van der Waals surface area contributed by atoms with E-state index in [1.54, 1.807) is 49.4 Å². The third-order valence-corrected chi connectivity index (χ3v) is 4.53. The van der Waals surface area contributed by atoms with Crippen LogP contribution in [-0.4, -0.2) is 30.2 Å². The topological polar surface area (TPSA) is 72.6 Å². The standard InChI is InChI=1S/C22H19ClN2O4/c1-3-13-25(16-9-5-4-6-10-16)19(26)14-28-22(27)20-15(2)29-24-21(20)17-11-7-8-12-18(17)23/h3-12H,1,13-14H2,2H3. The van der Waals surface area contributed by atoms with Crippen molar-refractivity contribution in [1.82, 2.24) is 5.16 Å². The average molecular weight is 411 g/mol. The Labute approximate surface area is 173 Å². The van der Waals surface area contributed by atoms with E-state index in [0.29, 0.717) is 16.3 Å². The zero-order valence-electron chi connectivity index (χ0n) is 15.8. The molecule has 7 heteroatoms. The molecule has 0 bridgehead atoms. The fraction of sp³-hybridized carbons (Fsp3) is 0.136. The Morgan fingerprint density at radius 1 is 1.17 bits per heavy atom. The molecule has 0 aliphatic rings. The molecule has 148 valence electrons. The number of aryl methyl sites for hydroxylation is 1. The van der Waals surface area contributed by atoms with Crippen LogP contribution in [0.5, 0.6) is 0 Å². The van der Waals surface area contributed by atoms with Crippen molar-refractivity contribution in [3.63, 3.8) is 0 Å². The number of amides is 1. The minimum Gasteiger partial charge on any atom is -0.452 e. The first-order valence-electron chi connectivity index (χ1n) is 8.87. The minimum absolute atomic E-state index is 0.140. The molecule has 0 N–H and O–H groups in total. The van der Waals surface area contributed by atoms with Crippen molar-refractivity contribution in [2.24, 2.45) is 0 Å². The van der Waals surface area contributed by atoms with E-state index in [9.17, 15) is 9.59 Å². The number of hydrogen-bond acceptors (Lipinski definition) is 5. The molecule has 0 atom stereocenters. The van der Waals surface area contributed by atoms with Crippen molar-refractivity contribution in [2.75, 3.05) is 18.1 Å². The van der Waals surface area contributed by atoms with E-state index in [1.165, 1.54) is 4.90 Å². The molecular weight excluding hydrogens is 392 g/mol. The molecule has 0 saturated heterocycles. The van der Waals surface area contributed by atoms with Crippen molar-refractivity contribution >= 4 is 29.2 Å². The third-order valence-electron chi connectivity index (χ3n) is 4.20. The number of carbonyl (C=O) groups excluding carboxylic acids is 2.